The number of amides is 1. The van der Waals surface area contributed by atoms with Gasteiger partial charge < -0.3 is 14.8 Å². The van der Waals surface area contributed by atoms with Crippen LogP contribution in [0.25, 0.3) is 16.9 Å². The van der Waals surface area contributed by atoms with Gasteiger partial charge in [-0.3, -0.25) is 4.79 Å². The Balaban J connectivity index is 1.61. The number of rotatable bonds is 5. The Labute approximate surface area is 157 Å². The van der Waals surface area contributed by atoms with E-state index >= 15 is 0 Å². The summed E-state index contributed by atoms with van der Waals surface area (Å²) in [6.45, 7) is 0. The predicted octanol–water partition coefficient (Wildman–Crippen LogP) is 3.09. The van der Waals surface area contributed by atoms with E-state index in [1.165, 1.54) is 12.8 Å². The van der Waals surface area contributed by atoms with E-state index < -0.39 is 0 Å². The fourth-order valence-corrected chi connectivity index (χ4v) is 3.48. The van der Waals surface area contributed by atoms with Gasteiger partial charge in [-0.15, -0.1) is 0 Å². The molecule has 7 nitrogen and oxygen atoms in total. The molecule has 0 aliphatic heterocycles. The molecule has 2 aromatic heterocycles. The molecule has 1 N–H and O–H groups in total. The van der Waals surface area contributed by atoms with Gasteiger partial charge in [-0.2, -0.15) is 5.10 Å². The van der Waals surface area contributed by atoms with Crippen LogP contribution in [0.15, 0.2) is 36.5 Å². The Morgan fingerprint density at radius 2 is 1.89 bits per heavy atom. The average molecular weight is 366 g/mol. The van der Waals surface area contributed by atoms with Crippen LogP contribution in [-0.4, -0.2) is 40.8 Å². The zero-order valence-electron chi connectivity index (χ0n) is 15.4. The smallest absolute Gasteiger partial charge is 0.272 e. The molecule has 1 amide bonds. The monoisotopic (exact) mass is 366 g/mol. The highest BCUT2D eigenvalue weighted by Gasteiger charge is 2.20. The van der Waals surface area contributed by atoms with Crippen LogP contribution in [0.1, 0.15) is 36.2 Å². The van der Waals surface area contributed by atoms with Gasteiger partial charge in [-0.25, -0.2) is 9.50 Å². The van der Waals surface area contributed by atoms with E-state index in [0.29, 0.717) is 22.8 Å². The van der Waals surface area contributed by atoms with E-state index in [4.69, 9.17) is 9.47 Å². The van der Waals surface area contributed by atoms with Gasteiger partial charge in [-0.1, -0.05) is 12.8 Å². The van der Waals surface area contributed by atoms with Gasteiger partial charge in [-0.05, 0) is 37.1 Å². The van der Waals surface area contributed by atoms with Crippen molar-refractivity contribution in [2.45, 2.75) is 31.7 Å². The summed E-state index contributed by atoms with van der Waals surface area (Å²) >= 11 is 0. The molecule has 7 heteroatoms. The molecule has 0 radical (unpaired) electrons. The number of nitrogens with one attached hydrogen (secondary N) is 1. The third kappa shape index (κ3) is 3.45. The van der Waals surface area contributed by atoms with E-state index in [9.17, 15) is 4.79 Å². The number of ether oxygens (including phenoxy) is 2. The molecule has 27 heavy (non-hydrogen) atoms. The summed E-state index contributed by atoms with van der Waals surface area (Å²) in [5, 5.41) is 7.41. The molecule has 2 heterocycles. The summed E-state index contributed by atoms with van der Waals surface area (Å²) < 4.78 is 12.3. The van der Waals surface area contributed by atoms with E-state index in [0.717, 1.165) is 24.1 Å². The van der Waals surface area contributed by atoms with E-state index in [1.54, 1.807) is 31.0 Å². The maximum atomic E-state index is 12.4. The predicted molar refractivity (Wildman–Crippen MR) is 101 cm³/mol. The fraction of sp³-hybridized carbons (Fsp3) is 0.350. The minimum Gasteiger partial charge on any atom is -0.493 e. The molecule has 1 aliphatic carbocycles. The lowest BCUT2D eigenvalue weighted by Crippen LogP contribution is -2.32. The van der Waals surface area contributed by atoms with Crippen molar-refractivity contribution < 1.29 is 14.3 Å². The lowest BCUT2D eigenvalue weighted by atomic mass is 10.1. The first kappa shape index (κ1) is 17.3. The number of benzene rings is 1. The summed E-state index contributed by atoms with van der Waals surface area (Å²) in [4.78, 5) is 17.1. The summed E-state index contributed by atoms with van der Waals surface area (Å²) in [6, 6.07) is 9.48. The zero-order valence-corrected chi connectivity index (χ0v) is 15.4. The SMILES string of the molecule is COc1ccc(-c2ccn3nc(C(=O)NC4CCCC4)cc3n2)cc1OC. The Kier molecular flexibility index (Phi) is 4.66. The molecular formula is C20H22N4O3. The number of nitrogens with zero attached hydrogens (tertiary/aromatic N) is 3. The normalized spacial score (nSPS) is 14.4. The molecule has 0 unspecified atom stereocenters. The summed E-state index contributed by atoms with van der Waals surface area (Å²) in [5.41, 5.74) is 2.68. The van der Waals surface area contributed by atoms with Crippen LogP contribution in [0.2, 0.25) is 0 Å². The van der Waals surface area contributed by atoms with Crippen LogP contribution in [0.3, 0.4) is 0 Å². The van der Waals surface area contributed by atoms with Crippen LogP contribution in [0, 0.1) is 0 Å². The second kappa shape index (κ2) is 7.26. The standard InChI is InChI=1S/C20H22N4O3/c1-26-17-8-7-13(11-18(17)27-2)15-9-10-24-19(22-15)12-16(23-24)20(25)21-14-5-3-4-6-14/h7-12,14H,3-6H2,1-2H3,(H,21,25). The van der Waals surface area contributed by atoms with Crippen molar-refractivity contribution in [2.75, 3.05) is 14.2 Å². The van der Waals surface area contributed by atoms with Crippen molar-refractivity contribution in [3.05, 3.63) is 42.2 Å². The van der Waals surface area contributed by atoms with Crippen molar-refractivity contribution in [3.63, 3.8) is 0 Å². The lowest BCUT2D eigenvalue weighted by molar-refractivity contribution is 0.0932. The first-order valence-corrected chi connectivity index (χ1v) is 9.07. The highest BCUT2D eigenvalue weighted by atomic mass is 16.5. The number of carbonyl (C=O) groups is 1. The van der Waals surface area contributed by atoms with Gasteiger partial charge in [0.05, 0.1) is 19.9 Å². The van der Waals surface area contributed by atoms with Crippen molar-refractivity contribution >= 4 is 11.6 Å². The Morgan fingerprint density at radius 3 is 2.63 bits per heavy atom. The maximum absolute atomic E-state index is 12.4. The minimum absolute atomic E-state index is 0.139. The number of carbonyl (C=O) groups excluding carboxylic acids is 1. The molecular weight excluding hydrogens is 344 g/mol. The van der Waals surface area contributed by atoms with Crippen molar-refractivity contribution in [2.24, 2.45) is 0 Å². The molecule has 140 valence electrons. The van der Waals surface area contributed by atoms with E-state index in [2.05, 4.69) is 15.4 Å². The van der Waals surface area contributed by atoms with Crippen LogP contribution >= 0.6 is 0 Å². The Morgan fingerprint density at radius 1 is 1.11 bits per heavy atom. The summed E-state index contributed by atoms with van der Waals surface area (Å²) in [6.07, 6.45) is 6.24. The number of hydrogen-bond acceptors (Lipinski definition) is 5. The fourth-order valence-electron chi connectivity index (χ4n) is 3.48. The number of aromatic nitrogens is 3. The molecule has 0 spiro atoms. The number of methoxy groups -OCH3 is 2. The molecule has 3 aromatic rings. The van der Waals surface area contributed by atoms with Gasteiger partial charge in [0.15, 0.2) is 22.8 Å². The zero-order chi connectivity index (χ0) is 18.8. The first-order valence-electron chi connectivity index (χ1n) is 9.07. The first-order chi connectivity index (χ1) is 13.2. The maximum Gasteiger partial charge on any atom is 0.272 e. The quantitative estimate of drug-likeness (QED) is 0.751. The lowest BCUT2D eigenvalue weighted by Gasteiger charge is -2.09. The van der Waals surface area contributed by atoms with Crippen LogP contribution in [0.4, 0.5) is 0 Å². The highest BCUT2D eigenvalue weighted by Crippen LogP contribution is 2.31. The van der Waals surface area contributed by atoms with Crippen LogP contribution in [0.5, 0.6) is 11.5 Å². The molecule has 1 saturated carbocycles. The van der Waals surface area contributed by atoms with Gasteiger partial charge in [0.2, 0.25) is 0 Å². The highest BCUT2D eigenvalue weighted by molar-refractivity contribution is 5.93. The number of hydrogen-bond donors (Lipinski definition) is 1. The van der Waals surface area contributed by atoms with Gasteiger partial charge in [0.1, 0.15) is 0 Å². The molecule has 0 saturated heterocycles. The molecule has 4 rings (SSSR count). The average Bonchev–Trinajstić information content (AvgIpc) is 3.36. The largest absolute Gasteiger partial charge is 0.493 e. The van der Waals surface area contributed by atoms with Crippen molar-refractivity contribution in [1.82, 2.24) is 19.9 Å². The third-order valence-corrected chi connectivity index (χ3v) is 4.93. The topological polar surface area (TPSA) is 77.8 Å². The van der Waals surface area contributed by atoms with Gasteiger partial charge >= 0.3 is 0 Å². The second-order valence-corrected chi connectivity index (χ2v) is 6.67. The molecule has 0 atom stereocenters. The van der Waals surface area contributed by atoms with Crippen LogP contribution in [-0.2, 0) is 0 Å². The van der Waals surface area contributed by atoms with Crippen LogP contribution < -0.4 is 14.8 Å². The van der Waals surface area contributed by atoms with Gasteiger partial charge in [0.25, 0.3) is 5.91 Å². The molecule has 0 bridgehead atoms. The van der Waals surface area contributed by atoms with Gasteiger partial charge in [0, 0.05) is 23.9 Å². The summed E-state index contributed by atoms with van der Waals surface area (Å²) in [5.74, 6) is 1.17. The Bertz CT molecular complexity index is 977. The van der Waals surface area contributed by atoms with E-state index in [-0.39, 0.29) is 11.9 Å². The molecule has 1 fully saturated rings. The second-order valence-electron chi connectivity index (χ2n) is 6.67. The minimum atomic E-state index is -0.139. The number of fused-ring (bicyclic) bond motifs is 1. The van der Waals surface area contributed by atoms with E-state index in [1.807, 2.05) is 24.3 Å². The molecule has 1 aromatic carbocycles. The van der Waals surface area contributed by atoms with Crippen molar-refractivity contribution in [3.8, 4) is 22.8 Å². The summed E-state index contributed by atoms with van der Waals surface area (Å²) in [7, 11) is 3.21. The van der Waals surface area contributed by atoms with Crippen molar-refractivity contribution in [1.29, 1.82) is 0 Å². The molecule has 1 aliphatic rings. The Hall–Kier alpha value is -3.09. The third-order valence-electron chi connectivity index (χ3n) is 4.93.